The van der Waals surface area contributed by atoms with E-state index in [2.05, 4.69) is 26.9 Å². The van der Waals surface area contributed by atoms with Gasteiger partial charge in [0.2, 0.25) is 6.61 Å². The zero-order valence-electron chi connectivity index (χ0n) is 15.1. The van der Waals surface area contributed by atoms with Crippen molar-refractivity contribution in [1.29, 1.82) is 0 Å². The molecule has 1 aromatic heterocycles. The Balaban J connectivity index is 1.79. The number of carbonyl (C=O) groups is 4. The van der Waals surface area contributed by atoms with Gasteiger partial charge in [-0.3, -0.25) is 14.5 Å². The monoisotopic (exact) mass is 453 g/mol. The molecular formula is C16H15N5O7S2. The Morgan fingerprint density at radius 1 is 1.47 bits per heavy atom. The van der Waals surface area contributed by atoms with Gasteiger partial charge in [-0.2, -0.15) is 0 Å². The normalized spacial score (nSPS) is 20.9. The van der Waals surface area contributed by atoms with E-state index >= 15 is 0 Å². The molecule has 0 radical (unpaired) electrons. The Bertz CT molecular complexity index is 1000. The number of fused-ring (bicyclic) bond motifs is 1. The minimum absolute atomic E-state index is 0.144. The molecule has 3 rings (SSSR count). The number of aromatic nitrogens is 1. The molecule has 30 heavy (non-hydrogen) atoms. The van der Waals surface area contributed by atoms with Crippen LogP contribution in [0.15, 0.2) is 35.3 Å². The van der Waals surface area contributed by atoms with Crippen LogP contribution in [0.2, 0.25) is 0 Å². The molecule has 5 N–H and O–H groups in total. The molecule has 2 amide bonds. The van der Waals surface area contributed by atoms with E-state index in [1.807, 2.05) is 0 Å². The zero-order valence-corrected chi connectivity index (χ0v) is 16.7. The standard InChI is InChI=1S/C16H15N5O7S2/c1-2-6-5-29-14-10(13(25)21(14)11(6)15(26)27)19-12(24)9(20-28-4-8(22)23)7-3-18-16(17)30-7/h2-3,10,14H,1,4-5H2,(H2,17,18)(H,19,24)(H,22,23)(H,26,27)/b20-9-. The van der Waals surface area contributed by atoms with E-state index in [0.29, 0.717) is 11.3 Å². The molecule has 2 atom stereocenters. The molecule has 3 heterocycles. The third kappa shape index (κ3) is 3.99. The van der Waals surface area contributed by atoms with E-state index in [1.165, 1.54) is 24.0 Å². The largest absolute Gasteiger partial charge is 0.479 e. The highest BCUT2D eigenvalue weighted by Crippen LogP contribution is 2.40. The smallest absolute Gasteiger partial charge is 0.352 e. The number of hydrogen-bond acceptors (Lipinski definition) is 10. The Labute approximate surface area is 177 Å². The molecule has 1 fully saturated rings. The predicted octanol–water partition coefficient (Wildman–Crippen LogP) is -0.545. The van der Waals surface area contributed by atoms with E-state index in [4.69, 9.17) is 10.8 Å². The van der Waals surface area contributed by atoms with Crippen molar-refractivity contribution < 1.29 is 34.2 Å². The molecule has 158 valence electrons. The molecule has 0 aliphatic carbocycles. The number of nitrogens with one attached hydrogen (secondary N) is 1. The van der Waals surface area contributed by atoms with Crippen LogP contribution in [0.5, 0.6) is 0 Å². The van der Waals surface area contributed by atoms with Crippen LogP contribution >= 0.6 is 23.1 Å². The van der Waals surface area contributed by atoms with Crippen LogP contribution < -0.4 is 11.1 Å². The first kappa shape index (κ1) is 21.3. The summed E-state index contributed by atoms with van der Waals surface area (Å²) in [5, 5.41) is 23.7. The van der Waals surface area contributed by atoms with Crippen molar-refractivity contribution in [3.63, 3.8) is 0 Å². The van der Waals surface area contributed by atoms with Crippen LogP contribution in [0.4, 0.5) is 5.13 Å². The molecule has 14 heteroatoms. The van der Waals surface area contributed by atoms with Gasteiger partial charge < -0.3 is 26.1 Å². The summed E-state index contributed by atoms with van der Waals surface area (Å²) in [6, 6.07) is -1.00. The lowest BCUT2D eigenvalue weighted by molar-refractivity contribution is -0.150. The van der Waals surface area contributed by atoms with Gasteiger partial charge in [0.25, 0.3) is 11.8 Å². The predicted molar refractivity (Wildman–Crippen MR) is 107 cm³/mol. The van der Waals surface area contributed by atoms with E-state index in [0.717, 1.165) is 16.2 Å². The molecule has 0 spiro atoms. The molecule has 2 aliphatic heterocycles. The lowest BCUT2D eigenvalue weighted by Gasteiger charge is -2.49. The van der Waals surface area contributed by atoms with Crippen molar-refractivity contribution in [3.05, 3.63) is 35.0 Å². The van der Waals surface area contributed by atoms with Gasteiger partial charge in [-0.25, -0.2) is 14.6 Å². The van der Waals surface area contributed by atoms with E-state index in [1.54, 1.807) is 0 Å². The van der Waals surface area contributed by atoms with Crippen molar-refractivity contribution in [1.82, 2.24) is 15.2 Å². The van der Waals surface area contributed by atoms with E-state index < -0.39 is 41.8 Å². The molecular weight excluding hydrogens is 438 g/mol. The number of carbonyl (C=O) groups excluding carboxylic acids is 2. The van der Waals surface area contributed by atoms with Crippen LogP contribution in [0, 0.1) is 0 Å². The van der Waals surface area contributed by atoms with Gasteiger partial charge in [0.05, 0.1) is 4.88 Å². The number of nitrogen functional groups attached to an aromatic ring is 1. The molecule has 0 saturated carbocycles. The van der Waals surface area contributed by atoms with Crippen LogP contribution in [-0.4, -0.2) is 73.3 Å². The molecule has 2 unspecified atom stereocenters. The highest BCUT2D eigenvalue weighted by molar-refractivity contribution is 8.00. The SMILES string of the molecule is C=CC1=C(C(=O)O)N2C(=O)C(NC(=O)/C(=N\OCC(=O)O)c3cnc(N)s3)C2SC1. The lowest BCUT2D eigenvalue weighted by Crippen LogP contribution is -2.71. The molecule has 0 bridgehead atoms. The maximum absolute atomic E-state index is 12.7. The number of carboxylic acid groups (broad SMARTS) is 2. The van der Waals surface area contributed by atoms with E-state index in [9.17, 15) is 24.3 Å². The van der Waals surface area contributed by atoms with Crippen LogP contribution in [0.1, 0.15) is 4.88 Å². The number of hydrogen-bond donors (Lipinski definition) is 4. The summed E-state index contributed by atoms with van der Waals surface area (Å²) in [4.78, 5) is 57.2. The number of allylic oxidation sites excluding steroid dienone is 1. The molecule has 0 aromatic carbocycles. The average molecular weight is 453 g/mol. The summed E-state index contributed by atoms with van der Waals surface area (Å²) in [5.74, 6) is -3.68. The Hall–Kier alpha value is -3.39. The minimum Gasteiger partial charge on any atom is -0.479 e. The number of oxime groups is 1. The molecule has 12 nitrogen and oxygen atoms in total. The summed E-state index contributed by atoms with van der Waals surface area (Å²) >= 11 is 2.19. The summed E-state index contributed by atoms with van der Waals surface area (Å²) in [6.45, 7) is 2.78. The summed E-state index contributed by atoms with van der Waals surface area (Å²) < 4.78 is 0. The van der Waals surface area contributed by atoms with Crippen LogP contribution in [-0.2, 0) is 24.0 Å². The van der Waals surface area contributed by atoms with Gasteiger partial charge in [0.15, 0.2) is 10.8 Å². The zero-order chi connectivity index (χ0) is 22.0. The van der Waals surface area contributed by atoms with Gasteiger partial charge >= 0.3 is 11.9 Å². The number of nitrogens with two attached hydrogens (primary N) is 1. The highest BCUT2D eigenvalue weighted by Gasteiger charge is 2.54. The quantitative estimate of drug-likeness (QED) is 0.226. The Morgan fingerprint density at radius 3 is 2.77 bits per heavy atom. The minimum atomic E-state index is -1.29. The molecule has 2 aliphatic rings. The number of amides is 2. The second kappa shape index (κ2) is 8.54. The van der Waals surface area contributed by atoms with Gasteiger partial charge in [-0.05, 0) is 5.57 Å². The van der Waals surface area contributed by atoms with E-state index in [-0.39, 0.29) is 21.4 Å². The maximum atomic E-state index is 12.7. The first-order chi connectivity index (χ1) is 14.2. The number of aliphatic carboxylic acids is 2. The van der Waals surface area contributed by atoms with Crippen molar-refractivity contribution in [2.24, 2.45) is 5.16 Å². The van der Waals surface area contributed by atoms with Crippen molar-refractivity contribution in [2.45, 2.75) is 11.4 Å². The number of rotatable bonds is 8. The van der Waals surface area contributed by atoms with Gasteiger partial charge in [-0.1, -0.05) is 29.1 Å². The van der Waals surface area contributed by atoms with Crippen LogP contribution in [0.3, 0.4) is 0 Å². The fourth-order valence-corrected chi connectivity index (χ4v) is 4.76. The number of anilines is 1. The first-order valence-corrected chi connectivity index (χ1v) is 10.1. The highest BCUT2D eigenvalue weighted by atomic mass is 32.2. The fraction of sp³-hybridized carbons (Fsp3) is 0.250. The Morgan fingerprint density at radius 2 is 2.20 bits per heavy atom. The second-order valence-corrected chi connectivity index (χ2v) is 8.08. The van der Waals surface area contributed by atoms with Crippen molar-refractivity contribution in [3.8, 4) is 0 Å². The average Bonchev–Trinajstić information content (AvgIpc) is 3.13. The van der Waals surface area contributed by atoms with Crippen molar-refractivity contribution in [2.75, 3.05) is 18.1 Å². The number of thioether (sulfide) groups is 1. The fourth-order valence-electron chi connectivity index (χ4n) is 2.76. The van der Waals surface area contributed by atoms with Gasteiger partial charge in [0, 0.05) is 11.9 Å². The second-order valence-electron chi connectivity index (χ2n) is 5.91. The third-order valence-electron chi connectivity index (χ3n) is 4.05. The number of thiazole rings is 1. The number of β-lactam (4-membered cyclic amide) rings is 1. The lowest BCUT2D eigenvalue weighted by atomic mass is 10.0. The first-order valence-electron chi connectivity index (χ1n) is 8.22. The molecule has 1 aromatic rings. The Kier molecular flexibility index (Phi) is 6.07. The van der Waals surface area contributed by atoms with Gasteiger partial charge in [-0.15, -0.1) is 11.8 Å². The number of carboxylic acids is 2. The van der Waals surface area contributed by atoms with Gasteiger partial charge in [0.1, 0.15) is 17.1 Å². The summed E-state index contributed by atoms with van der Waals surface area (Å²) in [5.41, 5.74) is 5.50. The third-order valence-corrected chi connectivity index (χ3v) is 6.18. The summed E-state index contributed by atoms with van der Waals surface area (Å²) in [6.07, 6.45) is 2.64. The number of nitrogens with zero attached hydrogens (tertiary/aromatic N) is 3. The van der Waals surface area contributed by atoms with Crippen LogP contribution in [0.25, 0.3) is 0 Å². The summed E-state index contributed by atoms with van der Waals surface area (Å²) in [7, 11) is 0. The maximum Gasteiger partial charge on any atom is 0.352 e. The molecule has 1 saturated heterocycles. The van der Waals surface area contributed by atoms with Crippen molar-refractivity contribution >= 4 is 57.7 Å². The topological polar surface area (TPSA) is 185 Å².